The molecule has 1 saturated heterocycles. The zero-order chi connectivity index (χ0) is 19.7. The molecule has 7 nitrogen and oxygen atoms in total. The van der Waals surface area contributed by atoms with Gasteiger partial charge in [-0.25, -0.2) is 0 Å². The molecule has 2 atom stereocenters. The van der Waals surface area contributed by atoms with Crippen LogP contribution in [0.2, 0.25) is 0 Å². The first kappa shape index (κ1) is 18.9. The molecule has 2 unspecified atom stereocenters. The van der Waals surface area contributed by atoms with Crippen molar-refractivity contribution in [3.05, 3.63) is 30.0 Å². The zero-order valence-electron chi connectivity index (χ0n) is 16.6. The molecule has 0 bridgehead atoms. The first-order chi connectivity index (χ1) is 13.6. The summed E-state index contributed by atoms with van der Waals surface area (Å²) >= 11 is 1.44. The smallest absolute Gasteiger partial charge is 0.247 e. The number of amides is 1. The van der Waals surface area contributed by atoms with Crippen LogP contribution in [0.5, 0.6) is 0 Å². The van der Waals surface area contributed by atoms with Crippen molar-refractivity contribution >= 4 is 38.4 Å². The Hall–Kier alpha value is -2.48. The minimum Gasteiger partial charge on any atom is -0.341 e. The molecule has 1 aromatic carbocycles. The third-order valence-corrected chi connectivity index (χ3v) is 6.29. The van der Waals surface area contributed by atoms with Crippen molar-refractivity contribution in [3.8, 4) is 0 Å². The van der Waals surface area contributed by atoms with Crippen LogP contribution in [0.1, 0.15) is 45.7 Å². The number of rotatable bonds is 5. The molecule has 0 aliphatic carbocycles. The van der Waals surface area contributed by atoms with Gasteiger partial charge >= 0.3 is 0 Å². The summed E-state index contributed by atoms with van der Waals surface area (Å²) in [7, 11) is 0. The molecule has 28 heavy (non-hydrogen) atoms. The van der Waals surface area contributed by atoms with E-state index in [1.165, 1.54) is 17.8 Å². The monoisotopic (exact) mass is 398 g/mol. The number of aryl methyl sites for hydroxylation is 1. The number of nitrogens with one attached hydrogen (secondary N) is 1. The Morgan fingerprint density at radius 2 is 1.96 bits per heavy atom. The summed E-state index contributed by atoms with van der Waals surface area (Å²) in [5, 5.41) is 18.5. The Bertz CT molecular complexity index is 970. The van der Waals surface area contributed by atoms with Crippen LogP contribution >= 0.6 is 11.3 Å². The van der Waals surface area contributed by atoms with Crippen LogP contribution in [0, 0.1) is 0 Å². The van der Waals surface area contributed by atoms with Gasteiger partial charge in [-0.2, -0.15) is 5.10 Å². The van der Waals surface area contributed by atoms with Crippen molar-refractivity contribution < 1.29 is 4.79 Å². The van der Waals surface area contributed by atoms with E-state index in [1.54, 1.807) is 4.68 Å². The third kappa shape index (κ3) is 3.61. The van der Waals surface area contributed by atoms with E-state index < -0.39 is 0 Å². The molecule has 1 amide bonds. The number of nitrogens with zero attached hydrogens (tertiary/aromatic N) is 5. The van der Waals surface area contributed by atoms with Crippen molar-refractivity contribution in [2.75, 3.05) is 10.2 Å². The summed E-state index contributed by atoms with van der Waals surface area (Å²) < 4.78 is 1.76. The number of para-hydroxylation sites is 1. The number of benzene rings is 1. The number of carbonyl (C=O) groups is 1. The summed E-state index contributed by atoms with van der Waals surface area (Å²) in [4.78, 5) is 14.9. The van der Waals surface area contributed by atoms with Crippen LogP contribution in [-0.4, -0.2) is 38.0 Å². The molecule has 148 valence electrons. The first-order valence-corrected chi connectivity index (χ1v) is 10.7. The normalized spacial score (nSPS) is 19.9. The van der Waals surface area contributed by atoms with Gasteiger partial charge in [0.15, 0.2) is 0 Å². The zero-order valence-corrected chi connectivity index (χ0v) is 17.4. The van der Waals surface area contributed by atoms with Gasteiger partial charge in [-0.3, -0.25) is 14.8 Å². The molecular weight excluding hydrogens is 372 g/mol. The van der Waals surface area contributed by atoms with E-state index >= 15 is 0 Å². The molecule has 1 fully saturated rings. The highest BCUT2D eigenvalue weighted by Crippen LogP contribution is 2.32. The van der Waals surface area contributed by atoms with Gasteiger partial charge in [-0.1, -0.05) is 36.5 Å². The van der Waals surface area contributed by atoms with Crippen LogP contribution in [0.4, 0.5) is 10.3 Å². The second kappa shape index (κ2) is 7.87. The Labute approximate surface area is 168 Å². The average Bonchev–Trinajstić information content (AvgIpc) is 3.26. The highest BCUT2D eigenvalue weighted by Gasteiger charge is 2.27. The summed E-state index contributed by atoms with van der Waals surface area (Å²) in [6, 6.07) is 8.91. The lowest BCUT2D eigenvalue weighted by Crippen LogP contribution is -2.43. The van der Waals surface area contributed by atoms with E-state index in [0.29, 0.717) is 17.2 Å². The summed E-state index contributed by atoms with van der Waals surface area (Å²) in [5.74, 6) is -0.140. The molecule has 1 aliphatic heterocycles. The standard InChI is InChI=1S/C20H26N6OS/c1-4-16-15-10-5-6-11-17(15)25(24-16)12-18(27)21-19-22-23-20(28-19)26-13(2)8-7-9-14(26)3/h5-6,10-11,13-14H,4,7-9,12H2,1-3H3,(H,21,22,27). The third-order valence-electron chi connectivity index (χ3n) is 5.44. The number of anilines is 2. The van der Waals surface area contributed by atoms with Crippen molar-refractivity contribution in [1.82, 2.24) is 20.0 Å². The van der Waals surface area contributed by atoms with Gasteiger partial charge in [0.1, 0.15) is 6.54 Å². The molecule has 8 heteroatoms. The van der Waals surface area contributed by atoms with Crippen LogP contribution in [0.25, 0.3) is 10.9 Å². The average molecular weight is 399 g/mol. The molecule has 1 aliphatic rings. The predicted molar refractivity (Wildman–Crippen MR) is 113 cm³/mol. The van der Waals surface area contributed by atoms with Gasteiger partial charge in [0, 0.05) is 17.5 Å². The molecule has 3 aromatic rings. The van der Waals surface area contributed by atoms with Crippen molar-refractivity contribution in [1.29, 1.82) is 0 Å². The maximum atomic E-state index is 12.6. The maximum absolute atomic E-state index is 12.6. The number of aromatic nitrogens is 4. The second-order valence-corrected chi connectivity index (χ2v) is 8.41. The van der Waals surface area contributed by atoms with Crippen LogP contribution in [-0.2, 0) is 17.8 Å². The fraction of sp³-hybridized carbons (Fsp3) is 0.500. The lowest BCUT2D eigenvalue weighted by molar-refractivity contribution is -0.116. The van der Waals surface area contributed by atoms with Crippen molar-refractivity contribution in [2.24, 2.45) is 0 Å². The van der Waals surface area contributed by atoms with Crippen LogP contribution in [0.3, 0.4) is 0 Å². The minimum absolute atomic E-state index is 0.140. The van der Waals surface area contributed by atoms with Crippen molar-refractivity contribution in [2.45, 2.75) is 65.1 Å². The molecule has 1 N–H and O–H groups in total. The molecule has 4 rings (SSSR count). The Balaban J connectivity index is 1.47. The van der Waals surface area contributed by atoms with Gasteiger partial charge in [0.2, 0.25) is 16.2 Å². The van der Waals surface area contributed by atoms with E-state index in [1.807, 2.05) is 24.3 Å². The quantitative estimate of drug-likeness (QED) is 0.706. The lowest BCUT2D eigenvalue weighted by atomic mass is 9.98. The van der Waals surface area contributed by atoms with Gasteiger partial charge in [-0.15, -0.1) is 10.2 Å². The fourth-order valence-electron chi connectivity index (χ4n) is 4.04. The lowest BCUT2D eigenvalue weighted by Gasteiger charge is -2.38. The largest absolute Gasteiger partial charge is 0.341 e. The molecule has 0 saturated carbocycles. The van der Waals surface area contributed by atoms with Crippen molar-refractivity contribution in [3.63, 3.8) is 0 Å². The predicted octanol–water partition coefficient (Wildman–Crippen LogP) is 3.86. The van der Waals surface area contributed by atoms with Gasteiger partial charge < -0.3 is 4.90 Å². The van der Waals surface area contributed by atoms with E-state index in [4.69, 9.17) is 0 Å². The van der Waals surface area contributed by atoms with Crippen LogP contribution in [0.15, 0.2) is 24.3 Å². The molecular formula is C20H26N6OS. The highest BCUT2D eigenvalue weighted by atomic mass is 32.1. The molecule has 0 spiro atoms. The topological polar surface area (TPSA) is 75.9 Å². The number of carbonyl (C=O) groups excluding carboxylic acids is 1. The first-order valence-electron chi connectivity index (χ1n) is 9.93. The van der Waals surface area contributed by atoms with Crippen LogP contribution < -0.4 is 10.2 Å². The van der Waals surface area contributed by atoms with E-state index in [2.05, 4.69) is 46.3 Å². The summed E-state index contributed by atoms with van der Waals surface area (Å²) in [5.41, 5.74) is 1.98. The number of piperidine rings is 1. The Morgan fingerprint density at radius 1 is 1.21 bits per heavy atom. The number of fused-ring (bicyclic) bond motifs is 1. The SMILES string of the molecule is CCc1nn(CC(=O)Nc2nnc(N3C(C)CCCC3C)s2)c2ccccc12. The Kier molecular flexibility index (Phi) is 5.30. The highest BCUT2D eigenvalue weighted by molar-refractivity contribution is 7.19. The number of hydrogen-bond donors (Lipinski definition) is 1. The maximum Gasteiger partial charge on any atom is 0.247 e. The van der Waals surface area contributed by atoms with E-state index in [-0.39, 0.29) is 12.5 Å². The Morgan fingerprint density at radius 3 is 2.71 bits per heavy atom. The molecule has 3 heterocycles. The summed E-state index contributed by atoms with van der Waals surface area (Å²) in [6.45, 7) is 6.68. The van der Waals surface area contributed by atoms with Gasteiger partial charge in [0.25, 0.3) is 0 Å². The molecule has 0 radical (unpaired) electrons. The summed E-state index contributed by atoms with van der Waals surface area (Å²) in [6.07, 6.45) is 4.41. The second-order valence-electron chi connectivity index (χ2n) is 7.45. The molecule has 2 aromatic heterocycles. The number of hydrogen-bond acceptors (Lipinski definition) is 6. The minimum atomic E-state index is -0.140. The van der Waals surface area contributed by atoms with Gasteiger partial charge in [0.05, 0.1) is 11.2 Å². The fourth-order valence-corrected chi connectivity index (χ4v) is 5.01. The van der Waals surface area contributed by atoms with E-state index in [0.717, 1.165) is 41.0 Å². The van der Waals surface area contributed by atoms with E-state index in [9.17, 15) is 4.79 Å². The van der Waals surface area contributed by atoms with Gasteiger partial charge in [-0.05, 0) is 45.6 Å².